The van der Waals surface area contributed by atoms with Gasteiger partial charge in [-0.05, 0) is 38.1 Å². The maximum Gasteiger partial charge on any atom is 0.341 e. The van der Waals surface area contributed by atoms with E-state index in [-0.39, 0.29) is 6.61 Å². The molecule has 134 valence electrons. The highest BCUT2D eigenvalue weighted by molar-refractivity contribution is 6.06. The maximum atomic E-state index is 12.5. The zero-order valence-electron chi connectivity index (χ0n) is 15.1. The van der Waals surface area contributed by atoms with Gasteiger partial charge >= 0.3 is 5.97 Å². The highest BCUT2D eigenvalue weighted by Crippen LogP contribution is 2.31. The van der Waals surface area contributed by atoms with Gasteiger partial charge in [-0.15, -0.1) is 0 Å². The number of nitrogens with one attached hydrogen (secondary N) is 1. The number of para-hydroxylation sites is 1. The summed E-state index contributed by atoms with van der Waals surface area (Å²) in [5.74, 6) is -0.428. The number of fused-ring (bicyclic) bond motifs is 2. The van der Waals surface area contributed by atoms with Gasteiger partial charge in [-0.3, -0.25) is 4.98 Å². The number of carbonyl (C=O) groups excluding carboxylic acids is 1. The molecular weight excluding hydrogens is 340 g/mol. The number of ether oxygens (including phenoxy) is 1. The Morgan fingerprint density at radius 2 is 1.96 bits per heavy atom. The Kier molecular flexibility index (Phi) is 4.38. The summed E-state index contributed by atoms with van der Waals surface area (Å²) in [6.07, 6.45) is 3.25. The predicted molar refractivity (Wildman–Crippen MR) is 105 cm³/mol. The van der Waals surface area contributed by atoms with Gasteiger partial charge in [-0.1, -0.05) is 18.2 Å². The third-order valence-electron chi connectivity index (χ3n) is 4.26. The Morgan fingerprint density at radius 3 is 2.81 bits per heavy atom. The van der Waals surface area contributed by atoms with Crippen LogP contribution in [0.2, 0.25) is 0 Å². The molecule has 0 fully saturated rings. The van der Waals surface area contributed by atoms with Gasteiger partial charge in [0.2, 0.25) is 0 Å². The second kappa shape index (κ2) is 6.99. The molecular formula is C21H18N4O2. The van der Waals surface area contributed by atoms with E-state index in [1.54, 1.807) is 13.1 Å². The van der Waals surface area contributed by atoms with Crippen LogP contribution in [0, 0.1) is 6.92 Å². The van der Waals surface area contributed by atoms with Gasteiger partial charge in [0.1, 0.15) is 5.56 Å². The number of anilines is 2. The molecule has 3 aromatic heterocycles. The van der Waals surface area contributed by atoms with Gasteiger partial charge in [-0.2, -0.15) is 0 Å². The van der Waals surface area contributed by atoms with Crippen molar-refractivity contribution < 1.29 is 9.53 Å². The van der Waals surface area contributed by atoms with Crippen LogP contribution in [0.25, 0.3) is 21.9 Å². The second-order valence-corrected chi connectivity index (χ2v) is 6.10. The summed E-state index contributed by atoms with van der Waals surface area (Å²) in [5, 5.41) is 5.13. The monoisotopic (exact) mass is 358 g/mol. The van der Waals surface area contributed by atoms with E-state index in [0.717, 1.165) is 27.7 Å². The number of hydrogen-bond donors (Lipinski definition) is 1. The lowest BCUT2D eigenvalue weighted by Crippen LogP contribution is -2.10. The molecule has 0 saturated carbocycles. The van der Waals surface area contributed by atoms with Crippen molar-refractivity contribution in [1.82, 2.24) is 15.0 Å². The van der Waals surface area contributed by atoms with E-state index >= 15 is 0 Å². The number of hydrogen-bond acceptors (Lipinski definition) is 6. The summed E-state index contributed by atoms with van der Waals surface area (Å²) in [6.45, 7) is 3.97. The average molecular weight is 358 g/mol. The topological polar surface area (TPSA) is 77.0 Å². The fourth-order valence-corrected chi connectivity index (χ4v) is 3.01. The van der Waals surface area contributed by atoms with Crippen molar-refractivity contribution in [3.05, 3.63) is 66.1 Å². The molecule has 0 bridgehead atoms. The van der Waals surface area contributed by atoms with Crippen LogP contribution in [0.1, 0.15) is 23.0 Å². The van der Waals surface area contributed by atoms with Gasteiger partial charge in [0.15, 0.2) is 5.65 Å². The summed E-state index contributed by atoms with van der Waals surface area (Å²) in [6, 6.07) is 13.6. The maximum absolute atomic E-state index is 12.5. The minimum absolute atomic E-state index is 0.290. The predicted octanol–water partition coefficient (Wildman–Crippen LogP) is 4.41. The van der Waals surface area contributed by atoms with Crippen molar-refractivity contribution in [2.45, 2.75) is 13.8 Å². The molecule has 0 radical (unpaired) electrons. The normalized spacial score (nSPS) is 10.9. The number of benzene rings is 1. The summed E-state index contributed by atoms with van der Waals surface area (Å²) < 4.78 is 5.21. The number of pyridine rings is 3. The van der Waals surface area contributed by atoms with Crippen LogP contribution in [-0.2, 0) is 4.74 Å². The summed E-state index contributed by atoms with van der Waals surface area (Å²) in [7, 11) is 0. The minimum atomic E-state index is -0.428. The molecule has 6 nitrogen and oxygen atoms in total. The van der Waals surface area contributed by atoms with Crippen molar-refractivity contribution in [2.75, 3.05) is 11.9 Å². The molecule has 27 heavy (non-hydrogen) atoms. The van der Waals surface area contributed by atoms with Gasteiger partial charge in [0.25, 0.3) is 0 Å². The molecule has 0 amide bonds. The van der Waals surface area contributed by atoms with Crippen LogP contribution in [-0.4, -0.2) is 27.5 Å². The van der Waals surface area contributed by atoms with Crippen LogP contribution in [0.15, 0.2) is 54.9 Å². The molecule has 1 N–H and O–H groups in total. The molecule has 0 unspecified atom stereocenters. The lowest BCUT2D eigenvalue weighted by atomic mass is 10.1. The second-order valence-electron chi connectivity index (χ2n) is 6.10. The Bertz CT molecular complexity index is 1150. The van der Waals surface area contributed by atoms with Crippen LogP contribution in [0.3, 0.4) is 0 Å². The molecule has 4 aromatic rings. The van der Waals surface area contributed by atoms with E-state index in [0.29, 0.717) is 16.9 Å². The Balaban J connectivity index is 1.92. The molecule has 0 aliphatic carbocycles. The first-order valence-corrected chi connectivity index (χ1v) is 8.71. The standard InChI is InChI=1S/C21H18N4O2/c1-3-27-21(26)16-12-23-20-15(10-9-13(2)24-20)19(16)25-17-8-4-6-14-7-5-11-22-18(14)17/h4-12H,3H2,1-2H3,(H,23,24,25). The summed E-state index contributed by atoms with van der Waals surface area (Å²) in [5.41, 5.74) is 4.02. The molecule has 4 rings (SSSR count). The highest BCUT2D eigenvalue weighted by atomic mass is 16.5. The SMILES string of the molecule is CCOC(=O)c1cnc2nc(C)ccc2c1Nc1cccc2cccnc12. The molecule has 0 aliphatic heterocycles. The number of carbonyl (C=O) groups is 1. The first-order chi connectivity index (χ1) is 13.2. The Morgan fingerprint density at radius 1 is 1.11 bits per heavy atom. The molecule has 3 heterocycles. The molecule has 0 atom stereocenters. The van der Waals surface area contributed by atoms with Crippen molar-refractivity contribution in [3.8, 4) is 0 Å². The van der Waals surface area contributed by atoms with Crippen LogP contribution in [0.4, 0.5) is 11.4 Å². The number of rotatable bonds is 4. The van der Waals surface area contributed by atoms with Crippen molar-refractivity contribution >= 4 is 39.3 Å². The fourth-order valence-electron chi connectivity index (χ4n) is 3.01. The zero-order valence-corrected chi connectivity index (χ0v) is 15.1. The van der Waals surface area contributed by atoms with Crippen LogP contribution >= 0.6 is 0 Å². The Labute approximate surface area is 156 Å². The van der Waals surface area contributed by atoms with E-state index in [2.05, 4.69) is 20.3 Å². The Hall–Kier alpha value is -3.54. The van der Waals surface area contributed by atoms with Gasteiger partial charge < -0.3 is 10.1 Å². The number of esters is 1. The van der Waals surface area contributed by atoms with E-state index in [4.69, 9.17) is 4.74 Å². The summed E-state index contributed by atoms with van der Waals surface area (Å²) in [4.78, 5) is 25.8. The van der Waals surface area contributed by atoms with E-state index in [9.17, 15) is 4.79 Å². The largest absolute Gasteiger partial charge is 0.462 e. The van der Waals surface area contributed by atoms with Gasteiger partial charge in [-0.25, -0.2) is 14.8 Å². The van der Waals surface area contributed by atoms with Crippen molar-refractivity contribution in [2.24, 2.45) is 0 Å². The van der Waals surface area contributed by atoms with Crippen molar-refractivity contribution in [1.29, 1.82) is 0 Å². The van der Waals surface area contributed by atoms with Crippen LogP contribution < -0.4 is 5.32 Å². The zero-order chi connectivity index (χ0) is 18.8. The van der Waals surface area contributed by atoms with E-state index in [1.807, 2.05) is 49.4 Å². The summed E-state index contributed by atoms with van der Waals surface area (Å²) >= 11 is 0. The highest BCUT2D eigenvalue weighted by Gasteiger charge is 2.18. The third kappa shape index (κ3) is 3.17. The van der Waals surface area contributed by atoms with Crippen molar-refractivity contribution in [3.63, 3.8) is 0 Å². The number of aryl methyl sites for hydroxylation is 1. The molecule has 1 aromatic carbocycles. The molecule has 0 spiro atoms. The quantitative estimate of drug-likeness (QED) is 0.545. The smallest absolute Gasteiger partial charge is 0.341 e. The third-order valence-corrected chi connectivity index (χ3v) is 4.26. The first-order valence-electron chi connectivity index (χ1n) is 8.71. The fraction of sp³-hybridized carbons (Fsp3) is 0.143. The molecule has 6 heteroatoms. The molecule has 0 aliphatic rings. The lowest BCUT2D eigenvalue weighted by molar-refractivity contribution is 0.0527. The average Bonchev–Trinajstić information content (AvgIpc) is 2.68. The minimum Gasteiger partial charge on any atom is -0.462 e. The first kappa shape index (κ1) is 16.9. The lowest BCUT2D eigenvalue weighted by Gasteiger charge is -2.15. The number of aromatic nitrogens is 3. The van der Waals surface area contributed by atoms with E-state index in [1.165, 1.54) is 6.20 Å². The van der Waals surface area contributed by atoms with Gasteiger partial charge in [0, 0.05) is 28.9 Å². The van der Waals surface area contributed by atoms with E-state index < -0.39 is 5.97 Å². The number of nitrogens with zero attached hydrogens (tertiary/aromatic N) is 3. The van der Waals surface area contributed by atoms with Gasteiger partial charge in [0.05, 0.1) is 23.5 Å². The van der Waals surface area contributed by atoms with Crippen LogP contribution in [0.5, 0.6) is 0 Å². The molecule has 0 saturated heterocycles.